The molecule has 0 bridgehead atoms. The van der Waals surface area contributed by atoms with Crippen molar-refractivity contribution >= 4 is 23.4 Å². The van der Waals surface area contributed by atoms with Gasteiger partial charge in [0.1, 0.15) is 0 Å². The molecule has 0 radical (unpaired) electrons. The molecular weight excluding hydrogens is 298 g/mol. The molecule has 2 atom stereocenters. The van der Waals surface area contributed by atoms with Gasteiger partial charge in [0.25, 0.3) is 0 Å². The van der Waals surface area contributed by atoms with Gasteiger partial charge >= 0.3 is 0 Å². The van der Waals surface area contributed by atoms with Crippen LogP contribution in [-0.2, 0) is 0 Å². The highest BCUT2D eigenvalue weighted by Gasteiger charge is 2.23. The zero-order chi connectivity index (χ0) is 14.8. The molecule has 0 aliphatic carbocycles. The fourth-order valence-corrected chi connectivity index (χ4v) is 4.29. The van der Waals surface area contributed by atoms with Crippen molar-refractivity contribution in [3.05, 3.63) is 64.2 Å². The van der Waals surface area contributed by atoms with E-state index in [1.807, 2.05) is 17.8 Å². The Bertz CT molecular complexity index is 641. The third kappa shape index (κ3) is 3.28. The molecule has 0 fully saturated rings. The zero-order valence-corrected chi connectivity index (χ0v) is 14.0. The van der Waals surface area contributed by atoms with Crippen LogP contribution in [0.1, 0.15) is 42.1 Å². The van der Waals surface area contributed by atoms with E-state index in [1.165, 1.54) is 21.6 Å². The van der Waals surface area contributed by atoms with E-state index in [9.17, 15) is 0 Å². The number of nitrogens with one attached hydrogen (secondary N) is 1. The summed E-state index contributed by atoms with van der Waals surface area (Å²) in [5, 5.41) is 4.61. The van der Waals surface area contributed by atoms with Crippen LogP contribution in [0.4, 0.5) is 0 Å². The van der Waals surface area contributed by atoms with Crippen molar-refractivity contribution in [3.63, 3.8) is 0 Å². The molecule has 3 heteroatoms. The summed E-state index contributed by atoms with van der Waals surface area (Å²) >= 11 is 8.11. The van der Waals surface area contributed by atoms with Crippen LogP contribution in [0, 0.1) is 6.92 Å². The van der Waals surface area contributed by atoms with Gasteiger partial charge in [0.2, 0.25) is 0 Å². The molecule has 0 amide bonds. The first-order valence-electron chi connectivity index (χ1n) is 7.39. The molecule has 2 unspecified atom stereocenters. The maximum atomic E-state index is 6.18. The van der Waals surface area contributed by atoms with Gasteiger partial charge in [-0.1, -0.05) is 35.9 Å². The summed E-state index contributed by atoms with van der Waals surface area (Å²) in [4.78, 5) is 1.36. The van der Waals surface area contributed by atoms with Gasteiger partial charge in [0.15, 0.2) is 0 Å². The first kappa shape index (κ1) is 15.0. The van der Waals surface area contributed by atoms with E-state index in [4.69, 9.17) is 11.6 Å². The molecule has 0 aromatic heterocycles. The van der Waals surface area contributed by atoms with Crippen LogP contribution < -0.4 is 5.32 Å². The topological polar surface area (TPSA) is 12.0 Å². The van der Waals surface area contributed by atoms with Crippen LogP contribution in [0.3, 0.4) is 0 Å². The lowest BCUT2D eigenvalue weighted by Gasteiger charge is -2.29. The minimum absolute atomic E-state index is 0.339. The second-order valence-electron chi connectivity index (χ2n) is 5.62. The lowest BCUT2D eigenvalue weighted by Crippen LogP contribution is -2.27. The van der Waals surface area contributed by atoms with Crippen LogP contribution in [0.5, 0.6) is 0 Å². The van der Waals surface area contributed by atoms with Crippen molar-refractivity contribution < 1.29 is 0 Å². The molecule has 1 N–H and O–H groups in total. The molecule has 2 aromatic carbocycles. The highest BCUT2D eigenvalue weighted by Crippen LogP contribution is 2.38. The number of benzene rings is 2. The minimum Gasteiger partial charge on any atom is -0.303 e. The predicted molar refractivity (Wildman–Crippen MR) is 92.3 cm³/mol. The van der Waals surface area contributed by atoms with Crippen molar-refractivity contribution in [2.45, 2.75) is 37.2 Å². The molecule has 1 heterocycles. The number of hydrogen-bond donors (Lipinski definition) is 1. The van der Waals surface area contributed by atoms with E-state index in [0.717, 1.165) is 17.2 Å². The average molecular weight is 318 g/mol. The Kier molecular flexibility index (Phi) is 4.58. The van der Waals surface area contributed by atoms with E-state index in [2.05, 4.69) is 55.6 Å². The maximum Gasteiger partial charge on any atom is 0.0410 e. The van der Waals surface area contributed by atoms with Gasteiger partial charge in [-0.15, -0.1) is 11.8 Å². The molecule has 110 valence electrons. The SMILES string of the molecule is Cc1ccccc1C(C)NC1CCSc2ccc(Cl)cc21. The van der Waals surface area contributed by atoms with Gasteiger partial charge in [0.05, 0.1) is 0 Å². The van der Waals surface area contributed by atoms with Crippen molar-refractivity contribution in [2.24, 2.45) is 0 Å². The first-order valence-corrected chi connectivity index (χ1v) is 8.75. The maximum absolute atomic E-state index is 6.18. The summed E-state index contributed by atoms with van der Waals surface area (Å²) in [7, 11) is 0. The van der Waals surface area contributed by atoms with Gasteiger partial charge in [-0.05, 0) is 60.9 Å². The Hall–Kier alpha value is -0.960. The van der Waals surface area contributed by atoms with Crippen molar-refractivity contribution in [2.75, 3.05) is 5.75 Å². The average Bonchev–Trinajstić information content (AvgIpc) is 2.48. The van der Waals surface area contributed by atoms with Gasteiger partial charge in [0, 0.05) is 22.0 Å². The largest absolute Gasteiger partial charge is 0.303 e. The summed E-state index contributed by atoms with van der Waals surface area (Å²) in [6.07, 6.45) is 1.15. The van der Waals surface area contributed by atoms with Gasteiger partial charge in [-0.3, -0.25) is 0 Å². The number of halogens is 1. The summed E-state index contributed by atoms with van der Waals surface area (Å²) in [6.45, 7) is 4.42. The van der Waals surface area contributed by atoms with Crippen LogP contribution in [-0.4, -0.2) is 5.75 Å². The van der Waals surface area contributed by atoms with E-state index < -0.39 is 0 Å². The second-order valence-corrected chi connectivity index (χ2v) is 7.19. The summed E-state index contributed by atoms with van der Waals surface area (Å²) < 4.78 is 0. The third-order valence-electron chi connectivity index (χ3n) is 4.12. The van der Waals surface area contributed by atoms with Gasteiger partial charge in [-0.25, -0.2) is 0 Å². The molecule has 3 rings (SSSR count). The number of hydrogen-bond acceptors (Lipinski definition) is 2. The lowest BCUT2D eigenvalue weighted by molar-refractivity contribution is 0.449. The highest BCUT2D eigenvalue weighted by molar-refractivity contribution is 7.99. The number of fused-ring (bicyclic) bond motifs is 1. The molecule has 1 aliphatic heterocycles. The number of rotatable bonds is 3. The van der Waals surface area contributed by atoms with Crippen LogP contribution in [0.2, 0.25) is 5.02 Å². The molecule has 0 saturated carbocycles. The van der Waals surface area contributed by atoms with E-state index in [-0.39, 0.29) is 0 Å². The second kappa shape index (κ2) is 6.43. The first-order chi connectivity index (χ1) is 10.1. The van der Waals surface area contributed by atoms with Crippen LogP contribution in [0.15, 0.2) is 47.4 Å². The normalized spacial score (nSPS) is 19.1. The highest BCUT2D eigenvalue weighted by atomic mass is 35.5. The van der Waals surface area contributed by atoms with Crippen LogP contribution in [0.25, 0.3) is 0 Å². The lowest BCUT2D eigenvalue weighted by atomic mass is 9.98. The van der Waals surface area contributed by atoms with Gasteiger partial charge < -0.3 is 5.32 Å². The Morgan fingerprint density at radius 1 is 1.24 bits per heavy atom. The Morgan fingerprint density at radius 2 is 2.05 bits per heavy atom. The molecule has 2 aromatic rings. The fraction of sp³-hybridized carbons (Fsp3) is 0.333. The number of thioether (sulfide) groups is 1. The smallest absolute Gasteiger partial charge is 0.0410 e. The summed E-state index contributed by atoms with van der Waals surface area (Å²) in [6, 6.07) is 15.6. The quantitative estimate of drug-likeness (QED) is 0.798. The van der Waals surface area contributed by atoms with Crippen molar-refractivity contribution in [3.8, 4) is 0 Å². The Labute approximate surface area is 136 Å². The predicted octanol–water partition coefficient (Wildman–Crippen LogP) is 5.54. The molecule has 0 spiro atoms. The van der Waals surface area contributed by atoms with Crippen molar-refractivity contribution in [1.29, 1.82) is 0 Å². The summed E-state index contributed by atoms with van der Waals surface area (Å²) in [5.41, 5.74) is 4.06. The standard InChI is InChI=1S/C18H20ClNS/c1-12-5-3-4-6-15(12)13(2)20-17-9-10-21-18-8-7-14(19)11-16(17)18/h3-8,11,13,17,20H,9-10H2,1-2H3. The third-order valence-corrected chi connectivity index (χ3v) is 5.48. The minimum atomic E-state index is 0.339. The molecule has 0 saturated heterocycles. The van der Waals surface area contributed by atoms with E-state index >= 15 is 0 Å². The Balaban J connectivity index is 1.83. The molecule has 1 nitrogen and oxygen atoms in total. The summed E-state index contributed by atoms with van der Waals surface area (Å²) in [5.74, 6) is 1.16. The van der Waals surface area contributed by atoms with Crippen molar-refractivity contribution in [1.82, 2.24) is 5.32 Å². The Morgan fingerprint density at radius 3 is 2.86 bits per heavy atom. The van der Waals surface area contributed by atoms with Gasteiger partial charge in [-0.2, -0.15) is 0 Å². The molecular formula is C18H20ClNS. The van der Waals surface area contributed by atoms with Crippen LogP contribution >= 0.6 is 23.4 Å². The molecule has 21 heavy (non-hydrogen) atoms. The number of aryl methyl sites for hydroxylation is 1. The fourth-order valence-electron chi connectivity index (χ4n) is 3.00. The van der Waals surface area contributed by atoms with E-state index in [1.54, 1.807) is 0 Å². The monoisotopic (exact) mass is 317 g/mol. The molecule has 1 aliphatic rings. The zero-order valence-electron chi connectivity index (χ0n) is 12.4. The van der Waals surface area contributed by atoms with E-state index in [0.29, 0.717) is 12.1 Å².